The van der Waals surface area contributed by atoms with Crippen molar-refractivity contribution in [2.45, 2.75) is 18.5 Å². The van der Waals surface area contributed by atoms with Crippen LogP contribution in [-0.4, -0.2) is 29.0 Å². The molecule has 120 valence electrons. The van der Waals surface area contributed by atoms with Crippen LogP contribution in [-0.2, 0) is 6.54 Å². The minimum absolute atomic E-state index is 0.194. The van der Waals surface area contributed by atoms with E-state index in [0.29, 0.717) is 29.7 Å². The molecule has 0 amide bonds. The van der Waals surface area contributed by atoms with E-state index in [2.05, 4.69) is 4.90 Å². The van der Waals surface area contributed by atoms with Gasteiger partial charge in [0.1, 0.15) is 0 Å². The molecule has 0 radical (unpaired) electrons. The molecular formula is C17H16Cl2N2O2. The fourth-order valence-corrected chi connectivity index (χ4v) is 3.71. The number of nitro groups is 1. The zero-order valence-corrected chi connectivity index (χ0v) is 13.9. The van der Waals surface area contributed by atoms with Gasteiger partial charge in [0.25, 0.3) is 0 Å². The van der Waals surface area contributed by atoms with Crippen molar-refractivity contribution < 1.29 is 4.92 Å². The van der Waals surface area contributed by atoms with Crippen molar-refractivity contribution in [1.29, 1.82) is 0 Å². The Balaban J connectivity index is 1.83. The van der Waals surface area contributed by atoms with Gasteiger partial charge in [-0.1, -0.05) is 59.6 Å². The van der Waals surface area contributed by atoms with Crippen molar-refractivity contribution >= 4 is 23.2 Å². The number of nitrogens with zero attached hydrogens (tertiary/aromatic N) is 2. The summed E-state index contributed by atoms with van der Waals surface area (Å²) < 4.78 is 0. The molecule has 1 saturated heterocycles. The van der Waals surface area contributed by atoms with E-state index < -0.39 is 6.04 Å². The van der Waals surface area contributed by atoms with Gasteiger partial charge in [-0.05, 0) is 23.3 Å². The van der Waals surface area contributed by atoms with E-state index in [4.69, 9.17) is 23.2 Å². The van der Waals surface area contributed by atoms with Crippen LogP contribution in [0.1, 0.15) is 17.0 Å². The van der Waals surface area contributed by atoms with Gasteiger partial charge < -0.3 is 0 Å². The molecule has 23 heavy (non-hydrogen) atoms. The van der Waals surface area contributed by atoms with Crippen molar-refractivity contribution in [3.63, 3.8) is 0 Å². The summed E-state index contributed by atoms with van der Waals surface area (Å²) in [4.78, 5) is 13.4. The molecule has 1 fully saturated rings. The van der Waals surface area contributed by atoms with Gasteiger partial charge in [0.2, 0.25) is 6.04 Å². The van der Waals surface area contributed by atoms with Crippen LogP contribution >= 0.6 is 23.2 Å². The maximum Gasteiger partial charge on any atom is 0.233 e. The summed E-state index contributed by atoms with van der Waals surface area (Å²) in [5.41, 5.74) is 1.95. The third-order valence-corrected chi connectivity index (χ3v) is 4.81. The van der Waals surface area contributed by atoms with Crippen molar-refractivity contribution in [3.8, 4) is 0 Å². The molecule has 1 heterocycles. The Labute approximate surface area is 144 Å². The first-order valence-corrected chi connectivity index (χ1v) is 8.15. The van der Waals surface area contributed by atoms with Crippen LogP contribution in [0.3, 0.4) is 0 Å². The molecule has 2 aromatic rings. The van der Waals surface area contributed by atoms with E-state index >= 15 is 0 Å². The van der Waals surface area contributed by atoms with E-state index in [1.165, 1.54) is 0 Å². The molecule has 6 heteroatoms. The molecular weight excluding hydrogens is 335 g/mol. The van der Waals surface area contributed by atoms with Gasteiger partial charge in [-0.15, -0.1) is 0 Å². The first-order valence-electron chi connectivity index (χ1n) is 7.39. The second-order valence-corrected chi connectivity index (χ2v) is 6.65. The smallest absolute Gasteiger partial charge is 0.233 e. The predicted octanol–water partition coefficient (Wildman–Crippen LogP) is 4.24. The molecule has 1 aliphatic rings. The van der Waals surface area contributed by atoms with Gasteiger partial charge in [-0.25, -0.2) is 0 Å². The van der Waals surface area contributed by atoms with Crippen LogP contribution < -0.4 is 0 Å². The van der Waals surface area contributed by atoms with E-state index in [1.807, 2.05) is 30.3 Å². The third kappa shape index (κ3) is 3.66. The average Bonchev–Trinajstić information content (AvgIpc) is 2.92. The average molecular weight is 351 g/mol. The van der Waals surface area contributed by atoms with Crippen LogP contribution in [0, 0.1) is 10.1 Å². The lowest BCUT2D eigenvalue weighted by Crippen LogP contribution is -2.28. The number of rotatable bonds is 4. The third-order valence-electron chi connectivity index (χ3n) is 4.25. The fraction of sp³-hybridized carbons (Fsp3) is 0.294. The lowest BCUT2D eigenvalue weighted by atomic mass is 9.95. The van der Waals surface area contributed by atoms with Gasteiger partial charge in [-0.2, -0.15) is 0 Å². The highest BCUT2D eigenvalue weighted by Crippen LogP contribution is 2.35. The van der Waals surface area contributed by atoms with Crippen LogP contribution in [0.25, 0.3) is 0 Å². The molecule has 3 rings (SSSR count). The van der Waals surface area contributed by atoms with E-state index in [1.54, 1.807) is 18.2 Å². The summed E-state index contributed by atoms with van der Waals surface area (Å²) in [6.07, 6.45) is 0. The fourth-order valence-electron chi connectivity index (χ4n) is 3.16. The number of hydrogen-bond acceptors (Lipinski definition) is 3. The number of benzene rings is 2. The molecule has 2 atom stereocenters. The van der Waals surface area contributed by atoms with Gasteiger partial charge >= 0.3 is 0 Å². The van der Waals surface area contributed by atoms with Crippen LogP contribution in [0.4, 0.5) is 0 Å². The summed E-state index contributed by atoms with van der Waals surface area (Å²) >= 11 is 12.2. The Morgan fingerprint density at radius 1 is 1.13 bits per heavy atom. The second kappa shape index (κ2) is 6.87. The van der Waals surface area contributed by atoms with Crippen molar-refractivity contribution in [1.82, 2.24) is 4.90 Å². The lowest BCUT2D eigenvalue weighted by molar-refractivity contribution is -0.521. The standard InChI is InChI=1S/C17H16Cl2N2O2/c18-13-6-7-14(16(19)8-13)15-10-20(11-17(15)21(22)23)9-12-4-2-1-3-5-12/h1-8,15,17H,9-11H2. The maximum atomic E-state index is 11.5. The highest BCUT2D eigenvalue weighted by molar-refractivity contribution is 6.35. The molecule has 0 bridgehead atoms. The zero-order chi connectivity index (χ0) is 16.4. The van der Waals surface area contributed by atoms with Crippen LogP contribution in [0.15, 0.2) is 48.5 Å². The van der Waals surface area contributed by atoms with E-state index in [9.17, 15) is 10.1 Å². The van der Waals surface area contributed by atoms with Crippen molar-refractivity contribution in [3.05, 3.63) is 79.8 Å². The van der Waals surface area contributed by atoms with Crippen molar-refractivity contribution in [2.24, 2.45) is 0 Å². The van der Waals surface area contributed by atoms with Gasteiger partial charge in [0.15, 0.2) is 0 Å². The Kier molecular flexibility index (Phi) is 4.85. The molecule has 4 nitrogen and oxygen atoms in total. The highest BCUT2D eigenvalue weighted by atomic mass is 35.5. The molecule has 0 spiro atoms. The minimum Gasteiger partial charge on any atom is -0.292 e. The molecule has 2 unspecified atom stereocenters. The Bertz CT molecular complexity index is 709. The summed E-state index contributed by atoms with van der Waals surface area (Å²) in [5, 5.41) is 12.5. The molecule has 0 aromatic heterocycles. The first-order chi connectivity index (χ1) is 11.0. The van der Waals surface area contributed by atoms with E-state index in [-0.39, 0.29) is 10.8 Å². The SMILES string of the molecule is O=[N+]([O-])C1CN(Cc2ccccc2)CC1c1ccc(Cl)cc1Cl. The summed E-state index contributed by atoms with van der Waals surface area (Å²) in [5.74, 6) is -0.224. The Morgan fingerprint density at radius 2 is 1.87 bits per heavy atom. The maximum absolute atomic E-state index is 11.5. The Hall–Kier alpha value is -1.62. The van der Waals surface area contributed by atoms with Crippen LogP contribution in [0.2, 0.25) is 10.0 Å². The van der Waals surface area contributed by atoms with Gasteiger partial charge in [-0.3, -0.25) is 15.0 Å². The predicted molar refractivity (Wildman–Crippen MR) is 91.7 cm³/mol. The summed E-state index contributed by atoms with van der Waals surface area (Å²) in [6.45, 7) is 1.74. The summed E-state index contributed by atoms with van der Waals surface area (Å²) in [7, 11) is 0. The number of hydrogen-bond donors (Lipinski definition) is 0. The quantitative estimate of drug-likeness (QED) is 0.612. The molecule has 2 aromatic carbocycles. The normalized spacial score (nSPS) is 21.5. The van der Waals surface area contributed by atoms with E-state index in [0.717, 1.165) is 11.1 Å². The number of likely N-dealkylation sites (tertiary alicyclic amines) is 1. The largest absolute Gasteiger partial charge is 0.292 e. The molecule has 0 aliphatic carbocycles. The van der Waals surface area contributed by atoms with Crippen molar-refractivity contribution in [2.75, 3.05) is 13.1 Å². The molecule has 0 saturated carbocycles. The Morgan fingerprint density at radius 3 is 2.52 bits per heavy atom. The molecule has 1 aliphatic heterocycles. The van der Waals surface area contributed by atoms with Crippen LogP contribution in [0.5, 0.6) is 0 Å². The first kappa shape index (κ1) is 16.2. The van der Waals surface area contributed by atoms with Gasteiger partial charge in [0.05, 0.1) is 12.5 Å². The van der Waals surface area contributed by atoms with Gasteiger partial charge in [0, 0.05) is 28.1 Å². The highest BCUT2D eigenvalue weighted by Gasteiger charge is 2.42. The zero-order valence-electron chi connectivity index (χ0n) is 12.4. The summed E-state index contributed by atoms with van der Waals surface area (Å²) in [6, 6.07) is 14.5. The monoisotopic (exact) mass is 350 g/mol. The second-order valence-electron chi connectivity index (χ2n) is 5.80. The lowest BCUT2D eigenvalue weighted by Gasteiger charge is -2.16. The molecule has 0 N–H and O–H groups in total. The number of halogens is 2. The topological polar surface area (TPSA) is 46.4 Å². The minimum atomic E-state index is -0.655.